The third-order valence-electron chi connectivity index (χ3n) is 2.66. The first-order chi connectivity index (χ1) is 9.63. The zero-order chi connectivity index (χ0) is 14.4. The molecule has 1 amide bonds. The van der Waals surface area contributed by atoms with Gasteiger partial charge in [0.2, 0.25) is 5.91 Å². The molecule has 104 valence electrons. The maximum absolute atomic E-state index is 11.9. The fraction of sp³-hybridized carbons (Fsp3) is 0.133. The van der Waals surface area contributed by atoms with Crippen molar-refractivity contribution in [2.75, 3.05) is 16.8 Å². The smallest absolute Gasteiger partial charge is 0.237 e. The summed E-state index contributed by atoms with van der Waals surface area (Å²) in [7, 11) is -1.22. The van der Waals surface area contributed by atoms with E-state index in [1.807, 2.05) is 30.3 Å². The van der Waals surface area contributed by atoms with Gasteiger partial charge in [-0.2, -0.15) is 0 Å². The second-order valence-electron chi connectivity index (χ2n) is 4.38. The van der Waals surface area contributed by atoms with Crippen molar-refractivity contribution >= 4 is 28.1 Å². The molecule has 0 spiro atoms. The van der Waals surface area contributed by atoms with Gasteiger partial charge in [0.1, 0.15) is 5.75 Å². The van der Waals surface area contributed by atoms with Crippen LogP contribution in [0.2, 0.25) is 0 Å². The molecule has 0 aliphatic rings. The molecule has 3 N–H and O–H groups in total. The molecule has 0 bridgehead atoms. The fourth-order valence-corrected chi connectivity index (χ4v) is 2.75. The van der Waals surface area contributed by atoms with E-state index in [4.69, 9.17) is 5.73 Å². The second-order valence-corrected chi connectivity index (χ2v) is 5.84. The number of hydrogen-bond acceptors (Lipinski definition) is 3. The number of anilines is 2. The van der Waals surface area contributed by atoms with E-state index in [1.165, 1.54) is 0 Å². The van der Waals surface area contributed by atoms with Crippen molar-refractivity contribution in [1.82, 2.24) is 0 Å². The topological polar surface area (TPSA) is 72.2 Å². The number of amides is 1. The average molecular weight is 288 g/mol. The van der Waals surface area contributed by atoms with Crippen molar-refractivity contribution in [3.05, 3.63) is 60.2 Å². The minimum absolute atomic E-state index is 0.0146. The summed E-state index contributed by atoms with van der Waals surface area (Å²) in [6.45, 7) is 0. The number of carbonyl (C=O) groups excluding carboxylic acids is 1. The minimum atomic E-state index is -1.22. The Balaban J connectivity index is 1.85. The Morgan fingerprint density at radius 2 is 1.70 bits per heavy atom. The highest BCUT2D eigenvalue weighted by molar-refractivity contribution is 7.84. The highest BCUT2D eigenvalue weighted by atomic mass is 32.2. The van der Waals surface area contributed by atoms with E-state index in [1.54, 1.807) is 24.3 Å². The van der Waals surface area contributed by atoms with Crippen molar-refractivity contribution in [3.63, 3.8) is 0 Å². The first kappa shape index (κ1) is 14.3. The van der Waals surface area contributed by atoms with Gasteiger partial charge < -0.3 is 11.1 Å². The monoisotopic (exact) mass is 288 g/mol. The van der Waals surface area contributed by atoms with Gasteiger partial charge in [0.25, 0.3) is 0 Å². The highest BCUT2D eigenvalue weighted by Gasteiger charge is 2.09. The molecule has 2 aromatic carbocycles. The van der Waals surface area contributed by atoms with Crippen molar-refractivity contribution in [2.24, 2.45) is 0 Å². The van der Waals surface area contributed by atoms with Crippen LogP contribution in [0.4, 0.5) is 11.4 Å². The molecule has 0 heterocycles. The van der Waals surface area contributed by atoms with E-state index < -0.39 is 10.8 Å². The van der Waals surface area contributed by atoms with Crippen LogP contribution in [-0.4, -0.2) is 15.9 Å². The molecule has 0 aromatic heterocycles. The largest absolute Gasteiger partial charge is 0.399 e. The van der Waals surface area contributed by atoms with Gasteiger partial charge in [-0.25, -0.2) is 0 Å². The summed E-state index contributed by atoms with van der Waals surface area (Å²) in [6, 6.07) is 16.3. The van der Waals surface area contributed by atoms with Crippen LogP contribution in [0.3, 0.4) is 0 Å². The van der Waals surface area contributed by atoms with Crippen molar-refractivity contribution in [1.29, 1.82) is 0 Å². The molecule has 0 radical (unpaired) electrons. The number of nitrogen functional groups attached to an aromatic ring is 1. The average Bonchev–Trinajstić information content (AvgIpc) is 2.42. The van der Waals surface area contributed by atoms with E-state index >= 15 is 0 Å². The lowest BCUT2D eigenvalue weighted by Crippen LogP contribution is -2.20. The van der Waals surface area contributed by atoms with Crippen molar-refractivity contribution < 1.29 is 9.00 Å². The molecular formula is C15H16N2O2S. The molecule has 0 saturated carbocycles. The van der Waals surface area contributed by atoms with Crippen LogP contribution in [0, 0.1) is 0 Å². The van der Waals surface area contributed by atoms with Gasteiger partial charge in [-0.3, -0.25) is 9.00 Å². The van der Waals surface area contributed by atoms with Gasteiger partial charge in [0.15, 0.2) is 0 Å². The summed E-state index contributed by atoms with van der Waals surface area (Å²) >= 11 is 0. The lowest BCUT2D eigenvalue weighted by atomic mass is 10.2. The molecule has 0 aliphatic heterocycles. The van der Waals surface area contributed by atoms with E-state index in [9.17, 15) is 9.00 Å². The lowest BCUT2D eigenvalue weighted by Gasteiger charge is -2.06. The van der Waals surface area contributed by atoms with Crippen molar-refractivity contribution in [3.8, 4) is 0 Å². The molecule has 1 unspecified atom stereocenters. The fourth-order valence-electron chi connectivity index (χ4n) is 1.72. The van der Waals surface area contributed by atoms with Gasteiger partial charge in [0.05, 0.1) is 0 Å². The van der Waals surface area contributed by atoms with Gasteiger partial charge >= 0.3 is 0 Å². The molecule has 1 atom stereocenters. The molecule has 4 nitrogen and oxygen atoms in total. The maximum atomic E-state index is 11.9. The molecule has 0 saturated heterocycles. The number of benzene rings is 2. The minimum Gasteiger partial charge on any atom is -0.399 e. The normalized spacial score (nSPS) is 11.8. The maximum Gasteiger partial charge on any atom is 0.237 e. The van der Waals surface area contributed by atoms with Crippen LogP contribution >= 0.6 is 0 Å². The van der Waals surface area contributed by atoms with Crippen LogP contribution in [0.5, 0.6) is 0 Å². The molecule has 2 rings (SSSR count). The van der Waals surface area contributed by atoms with Gasteiger partial charge in [-0.15, -0.1) is 0 Å². The summed E-state index contributed by atoms with van der Waals surface area (Å²) in [6.07, 6.45) is 0. The highest BCUT2D eigenvalue weighted by Crippen LogP contribution is 2.10. The van der Waals surface area contributed by atoms with E-state index in [-0.39, 0.29) is 11.7 Å². The third kappa shape index (κ3) is 4.51. The van der Waals surface area contributed by atoms with Gasteiger partial charge in [0, 0.05) is 27.9 Å². The Morgan fingerprint density at radius 3 is 2.35 bits per heavy atom. The third-order valence-corrected chi connectivity index (χ3v) is 3.90. The zero-order valence-electron chi connectivity index (χ0n) is 10.9. The predicted molar refractivity (Wildman–Crippen MR) is 82.6 cm³/mol. The number of rotatable bonds is 5. The first-order valence-electron chi connectivity index (χ1n) is 6.18. The Hall–Kier alpha value is -2.14. The Morgan fingerprint density at radius 1 is 1.05 bits per heavy atom. The predicted octanol–water partition coefficient (Wildman–Crippen LogP) is 2.16. The van der Waals surface area contributed by atoms with E-state index in [0.717, 1.165) is 5.56 Å². The van der Waals surface area contributed by atoms with Crippen LogP contribution < -0.4 is 11.1 Å². The molecule has 0 fully saturated rings. The number of nitrogens with one attached hydrogen (secondary N) is 1. The van der Waals surface area contributed by atoms with E-state index in [0.29, 0.717) is 17.1 Å². The number of nitrogens with two attached hydrogens (primary N) is 1. The quantitative estimate of drug-likeness (QED) is 0.828. The van der Waals surface area contributed by atoms with Crippen LogP contribution in [0.1, 0.15) is 5.56 Å². The second kappa shape index (κ2) is 6.86. The van der Waals surface area contributed by atoms with Crippen LogP contribution in [0.25, 0.3) is 0 Å². The summed E-state index contributed by atoms with van der Waals surface area (Å²) < 4.78 is 11.9. The summed E-state index contributed by atoms with van der Waals surface area (Å²) in [5, 5.41) is 2.70. The summed E-state index contributed by atoms with van der Waals surface area (Å²) in [5.74, 6) is 0.110. The number of carbonyl (C=O) groups is 1. The van der Waals surface area contributed by atoms with Crippen LogP contribution in [0.15, 0.2) is 54.6 Å². The standard InChI is InChI=1S/C15H16N2O2S/c16-13-6-8-14(9-7-13)17-15(18)11-20(19)10-12-4-2-1-3-5-12/h1-9H,10-11,16H2,(H,17,18). The summed E-state index contributed by atoms with van der Waals surface area (Å²) in [5.41, 5.74) is 7.82. The van der Waals surface area contributed by atoms with Gasteiger partial charge in [-0.1, -0.05) is 30.3 Å². The summed E-state index contributed by atoms with van der Waals surface area (Å²) in [4.78, 5) is 11.8. The molecule has 20 heavy (non-hydrogen) atoms. The van der Waals surface area contributed by atoms with Crippen LogP contribution in [-0.2, 0) is 21.3 Å². The molecule has 5 heteroatoms. The van der Waals surface area contributed by atoms with Gasteiger partial charge in [-0.05, 0) is 29.8 Å². The Kier molecular flexibility index (Phi) is 4.90. The molecule has 0 aliphatic carbocycles. The Bertz CT molecular complexity index is 597. The number of hydrogen-bond donors (Lipinski definition) is 2. The Labute approximate surface area is 120 Å². The molecule has 2 aromatic rings. The lowest BCUT2D eigenvalue weighted by molar-refractivity contribution is -0.113. The molecular weight excluding hydrogens is 272 g/mol. The SMILES string of the molecule is Nc1ccc(NC(=O)CS(=O)Cc2ccccc2)cc1. The van der Waals surface area contributed by atoms with E-state index in [2.05, 4.69) is 5.32 Å². The first-order valence-corrected chi connectivity index (χ1v) is 7.66. The van der Waals surface area contributed by atoms with Crippen molar-refractivity contribution in [2.45, 2.75) is 5.75 Å². The zero-order valence-corrected chi connectivity index (χ0v) is 11.7.